The van der Waals surface area contributed by atoms with Crippen molar-refractivity contribution in [2.24, 2.45) is 0 Å². The first-order valence-electron chi connectivity index (χ1n) is 4.86. The van der Waals surface area contributed by atoms with Gasteiger partial charge in [-0.2, -0.15) is 0 Å². The molecular formula is C9H14N4O. The summed E-state index contributed by atoms with van der Waals surface area (Å²) in [5.74, 6) is 0.371. The summed E-state index contributed by atoms with van der Waals surface area (Å²) >= 11 is 0. The van der Waals surface area contributed by atoms with Crippen molar-refractivity contribution in [2.45, 2.75) is 25.3 Å². The van der Waals surface area contributed by atoms with Crippen molar-refractivity contribution in [2.75, 3.05) is 12.3 Å². The van der Waals surface area contributed by atoms with Gasteiger partial charge in [0.15, 0.2) is 0 Å². The zero-order valence-corrected chi connectivity index (χ0v) is 7.94. The molecule has 0 saturated carbocycles. The molecule has 1 saturated heterocycles. The summed E-state index contributed by atoms with van der Waals surface area (Å²) in [5.41, 5.74) is 5.44. The van der Waals surface area contributed by atoms with Crippen molar-refractivity contribution in [1.82, 2.24) is 15.1 Å². The van der Waals surface area contributed by atoms with Crippen molar-refractivity contribution < 1.29 is 4.79 Å². The number of nitrogens with zero attached hydrogens (tertiary/aromatic N) is 2. The van der Waals surface area contributed by atoms with Crippen LogP contribution >= 0.6 is 0 Å². The lowest BCUT2D eigenvalue weighted by molar-refractivity contribution is 0.0826. The molecule has 1 aromatic heterocycles. The van der Waals surface area contributed by atoms with Crippen LogP contribution in [0, 0.1) is 0 Å². The second-order valence-corrected chi connectivity index (χ2v) is 3.53. The van der Waals surface area contributed by atoms with Gasteiger partial charge in [0.1, 0.15) is 5.82 Å². The normalized spacial score (nSPS) is 22.1. The van der Waals surface area contributed by atoms with Gasteiger partial charge in [-0.15, -0.1) is 5.10 Å². The largest absolute Gasteiger partial charge is 0.382 e. The molecule has 5 nitrogen and oxygen atoms in total. The van der Waals surface area contributed by atoms with Gasteiger partial charge < -0.3 is 11.1 Å². The minimum absolute atomic E-state index is 0.0126. The zero-order chi connectivity index (χ0) is 9.97. The van der Waals surface area contributed by atoms with E-state index in [9.17, 15) is 4.79 Å². The lowest BCUT2D eigenvalue weighted by Crippen LogP contribution is -2.43. The molecule has 0 radical (unpaired) electrons. The highest BCUT2D eigenvalue weighted by Gasteiger charge is 2.22. The maximum Gasteiger partial charge on any atom is 0.264 e. The molecular weight excluding hydrogens is 180 g/mol. The average molecular weight is 194 g/mol. The van der Waals surface area contributed by atoms with Crippen molar-refractivity contribution in [3.8, 4) is 0 Å². The van der Waals surface area contributed by atoms with E-state index >= 15 is 0 Å². The molecule has 76 valence electrons. The Morgan fingerprint density at radius 1 is 1.64 bits per heavy atom. The minimum Gasteiger partial charge on any atom is -0.382 e. The SMILES string of the molecule is Nc1ccn(C(=O)C2CCCCN2)n1. The monoisotopic (exact) mass is 194 g/mol. The maximum absolute atomic E-state index is 11.8. The topological polar surface area (TPSA) is 72.9 Å². The van der Waals surface area contributed by atoms with Crippen LogP contribution in [0.1, 0.15) is 24.1 Å². The first kappa shape index (κ1) is 9.21. The number of hydrogen-bond donors (Lipinski definition) is 2. The van der Waals surface area contributed by atoms with E-state index in [2.05, 4.69) is 10.4 Å². The van der Waals surface area contributed by atoms with Gasteiger partial charge in [0.2, 0.25) is 0 Å². The molecule has 1 aromatic rings. The maximum atomic E-state index is 11.8. The van der Waals surface area contributed by atoms with E-state index < -0.39 is 0 Å². The van der Waals surface area contributed by atoms with Gasteiger partial charge >= 0.3 is 0 Å². The van der Waals surface area contributed by atoms with Crippen LogP contribution in [-0.2, 0) is 0 Å². The first-order valence-corrected chi connectivity index (χ1v) is 4.86. The molecule has 0 aliphatic carbocycles. The number of hydrogen-bond acceptors (Lipinski definition) is 4. The van der Waals surface area contributed by atoms with Gasteiger partial charge in [0.25, 0.3) is 5.91 Å². The lowest BCUT2D eigenvalue weighted by Gasteiger charge is -2.21. The Morgan fingerprint density at radius 3 is 3.07 bits per heavy atom. The number of piperidine rings is 1. The number of anilines is 1. The number of nitrogens with two attached hydrogens (primary N) is 1. The van der Waals surface area contributed by atoms with Gasteiger partial charge in [-0.1, -0.05) is 6.42 Å². The second-order valence-electron chi connectivity index (χ2n) is 3.53. The summed E-state index contributed by atoms with van der Waals surface area (Å²) in [6.07, 6.45) is 4.73. The van der Waals surface area contributed by atoms with Crippen LogP contribution in [0.4, 0.5) is 5.82 Å². The van der Waals surface area contributed by atoms with E-state index in [0.29, 0.717) is 5.82 Å². The Labute approximate surface area is 82.3 Å². The molecule has 14 heavy (non-hydrogen) atoms. The summed E-state index contributed by atoms with van der Waals surface area (Å²) in [7, 11) is 0. The molecule has 1 unspecified atom stereocenters. The van der Waals surface area contributed by atoms with Crippen LogP contribution in [0.25, 0.3) is 0 Å². The Bertz CT molecular complexity index is 327. The molecule has 5 heteroatoms. The van der Waals surface area contributed by atoms with Gasteiger partial charge in [0, 0.05) is 12.3 Å². The predicted octanol–water partition coefficient (Wildman–Crippen LogP) is 0.248. The minimum atomic E-state index is -0.0944. The van der Waals surface area contributed by atoms with E-state index in [-0.39, 0.29) is 11.9 Å². The molecule has 2 rings (SSSR count). The number of carbonyl (C=O) groups excluding carboxylic acids is 1. The van der Waals surface area contributed by atoms with Gasteiger partial charge in [-0.3, -0.25) is 4.79 Å². The van der Waals surface area contributed by atoms with Crippen molar-refractivity contribution in [3.05, 3.63) is 12.3 Å². The van der Waals surface area contributed by atoms with Crippen LogP contribution < -0.4 is 11.1 Å². The number of carbonyl (C=O) groups is 1. The Balaban J connectivity index is 2.07. The fourth-order valence-electron chi connectivity index (χ4n) is 1.68. The second kappa shape index (κ2) is 3.79. The van der Waals surface area contributed by atoms with Crippen molar-refractivity contribution >= 4 is 11.7 Å². The molecule has 0 amide bonds. The molecule has 0 bridgehead atoms. The molecule has 1 aliphatic heterocycles. The lowest BCUT2D eigenvalue weighted by atomic mass is 10.0. The van der Waals surface area contributed by atoms with Crippen LogP contribution in [0.2, 0.25) is 0 Å². The summed E-state index contributed by atoms with van der Waals surface area (Å²) in [4.78, 5) is 11.8. The molecule has 0 spiro atoms. The van der Waals surface area contributed by atoms with Crippen LogP contribution in [0.5, 0.6) is 0 Å². The van der Waals surface area contributed by atoms with E-state index in [1.54, 1.807) is 12.3 Å². The number of rotatable bonds is 1. The van der Waals surface area contributed by atoms with E-state index in [1.165, 1.54) is 4.68 Å². The standard InChI is InChI=1S/C9H14N4O/c10-8-4-6-13(12-8)9(14)7-3-1-2-5-11-7/h4,6-7,11H,1-3,5H2,(H2,10,12). The summed E-state index contributed by atoms with van der Waals surface area (Å²) in [6.45, 7) is 0.910. The van der Waals surface area contributed by atoms with Gasteiger partial charge in [-0.05, 0) is 19.4 Å². The molecule has 3 N–H and O–H groups in total. The van der Waals surface area contributed by atoms with Crippen molar-refractivity contribution in [1.29, 1.82) is 0 Å². The highest BCUT2D eigenvalue weighted by Crippen LogP contribution is 2.09. The third-order valence-corrected chi connectivity index (χ3v) is 2.44. The van der Waals surface area contributed by atoms with Crippen LogP contribution in [0.15, 0.2) is 12.3 Å². The van der Waals surface area contributed by atoms with Crippen molar-refractivity contribution in [3.63, 3.8) is 0 Å². The molecule has 1 fully saturated rings. The van der Waals surface area contributed by atoms with Crippen LogP contribution in [-0.4, -0.2) is 28.3 Å². The quantitative estimate of drug-likeness (QED) is 0.672. The zero-order valence-electron chi connectivity index (χ0n) is 7.94. The summed E-state index contributed by atoms with van der Waals surface area (Å²) in [5, 5.41) is 7.07. The van der Waals surface area contributed by atoms with E-state index in [0.717, 1.165) is 25.8 Å². The van der Waals surface area contributed by atoms with Gasteiger partial charge in [-0.25, -0.2) is 4.68 Å². The number of nitrogens with one attached hydrogen (secondary N) is 1. The van der Waals surface area contributed by atoms with E-state index in [4.69, 9.17) is 5.73 Å². The Morgan fingerprint density at radius 2 is 2.50 bits per heavy atom. The molecule has 1 aliphatic rings. The van der Waals surface area contributed by atoms with Crippen LogP contribution in [0.3, 0.4) is 0 Å². The predicted molar refractivity (Wildman–Crippen MR) is 52.9 cm³/mol. The Kier molecular flexibility index (Phi) is 2.49. The van der Waals surface area contributed by atoms with E-state index in [1.807, 2.05) is 0 Å². The summed E-state index contributed by atoms with van der Waals surface area (Å²) < 4.78 is 1.32. The molecule has 2 heterocycles. The third kappa shape index (κ3) is 1.77. The summed E-state index contributed by atoms with van der Waals surface area (Å²) in [6, 6.07) is 1.53. The Hall–Kier alpha value is -1.36. The highest BCUT2D eigenvalue weighted by molar-refractivity contribution is 5.83. The highest BCUT2D eigenvalue weighted by atomic mass is 16.2. The molecule has 0 aromatic carbocycles. The fraction of sp³-hybridized carbons (Fsp3) is 0.556. The average Bonchev–Trinajstić information content (AvgIpc) is 2.65. The first-order chi connectivity index (χ1) is 6.77. The fourth-order valence-corrected chi connectivity index (χ4v) is 1.68. The third-order valence-electron chi connectivity index (χ3n) is 2.44. The number of aromatic nitrogens is 2. The smallest absolute Gasteiger partial charge is 0.264 e. The van der Waals surface area contributed by atoms with Gasteiger partial charge in [0.05, 0.1) is 6.04 Å². The number of nitrogen functional groups attached to an aromatic ring is 1. The molecule has 1 atom stereocenters.